The third-order valence-corrected chi connectivity index (χ3v) is 5.40. The number of aromatic nitrogens is 4. The van der Waals surface area contributed by atoms with E-state index in [1.54, 1.807) is 6.92 Å². The summed E-state index contributed by atoms with van der Waals surface area (Å²) in [4.78, 5) is 44.6. The molecular weight excluding hydrogens is 479 g/mol. The number of aryl methyl sites for hydroxylation is 1. The molecule has 1 fully saturated rings. The Morgan fingerprint density at radius 1 is 1.26 bits per heavy atom. The second-order valence-corrected chi connectivity index (χ2v) is 7.94. The maximum Gasteiger partial charge on any atom is 0.390 e. The molecule has 3 rings (SSSR count). The number of nitrogen functional groups attached to an aromatic ring is 1. The van der Waals surface area contributed by atoms with E-state index in [2.05, 4.69) is 9.97 Å². The van der Waals surface area contributed by atoms with Gasteiger partial charge in [-0.3, -0.25) is 14.2 Å². The number of nitrogens with two attached hydrogens (primary N) is 1. The fraction of sp³-hybridized carbons (Fsp3) is 0.650. The average Bonchev–Trinajstić information content (AvgIpc) is 3.26. The molecule has 2 aromatic rings. The van der Waals surface area contributed by atoms with E-state index < -0.39 is 61.3 Å². The smallest absolute Gasteiger partial charge is 0.390 e. The molecule has 0 radical (unpaired) electrons. The molecule has 0 saturated carbocycles. The van der Waals surface area contributed by atoms with Crippen LogP contribution in [0.25, 0.3) is 11.2 Å². The molecule has 0 spiro atoms. The number of esters is 2. The zero-order valence-electron chi connectivity index (χ0n) is 19.5. The van der Waals surface area contributed by atoms with Gasteiger partial charge in [0.25, 0.3) is 0 Å². The number of anilines is 1. The molecule has 2 aromatic heterocycles. The number of nitrogens with zero attached hydrogens (tertiary/aromatic N) is 4. The van der Waals surface area contributed by atoms with E-state index in [1.807, 2.05) is 0 Å². The van der Waals surface area contributed by atoms with Crippen molar-refractivity contribution < 1.29 is 41.7 Å². The van der Waals surface area contributed by atoms with Crippen LogP contribution >= 0.6 is 0 Å². The number of imidazole rings is 1. The summed E-state index contributed by atoms with van der Waals surface area (Å²) in [7, 11) is 1.21. The number of carbonyl (C=O) groups excluding carboxylic acids is 2. The number of halogens is 3. The summed E-state index contributed by atoms with van der Waals surface area (Å²) in [6.45, 7) is 3.38. The Kier molecular flexibility index (Phi) is 7.57. The van der Waals surface area contributed by atoms with Crippen LogP contribution < -0.4 is 16.2 Å². The predicted molar refractivity (Wildman–Crippen MR) is 113 cm³/mol. The molecule has 1 saturated heterocycles. The third-order valence-electron chi connectivity index (χ3n) is 5.40. The molecule has 0 aromatic carbocycles. The fourth-order valence-electron chi connectivity index (χ4n) is 4.07. The second-order valence-electron chi connectivity index (χ2n) is 7.94. The molecule has 1 aliphatic rings. The number of ether oxygens (including phenoxy) is 4. The average molecular weight is 505 g/mol. The van der Waals surface area contributed by atoms with Gasteiger partial charge in [-0.25, -0.2) is 9.36 Å². The molecule has 2 N–H and O–H groups in total. The monoisotopic (exact) mass is 505 g/mol. The number of methoxy groups -OCH3 is 1. The molecule has 0 amide bonds. The Labute approximate surface area is 197 Å². The molecular formula is C20H26F3N5O7. The minimum atomic E-state index is -4.55. The number of carbonyl (C=O) groups is 2. The maximum atomic E-state index is 13.4. The Morgan fingerprint density at radius 2 is 1.94 bits per heavy atom. The summed E-state index contributed by atoms with van der Waals surface area (Å²) in [5.74, 6) is -1.75. The van der Waals surface area contributed by atoms with Gasteiger partial charge in [-0.2, -0.15) is 23.1 Å². The lowest BCUT2D eigenvalue weighted by Crippen LogP contribution is -2.34. The van der Waals surface area contributed by atoms with E-state index in [0.29, 0.717) is 6.42 Å². The van der Waals surface area contributed by atoms with E-state index in [4.69, 9.17) is 24.7 Å². The molecule has 15 heteroatoms. The summed E-state index contributed by atoms with van der Waals surface area (Å²) in [6.07, 6.45) is -9.30. The van der Waals surface area contributed by atoms with E-state index in [0.717, 1.165) is 16.1 Å². The largest absolute Gasteiger partial charge is 0.479 e. The van der Waals surface area contributed by atoms with E-state index in [9.17, 15) is 27.6 Å². The predicted octanol–water partition coefficient (Wildman–Crippen LogP) is 1.70. The molecule has 0 unspecified atom stereocenters. The molecule has 0 bridgehead atoms. The molecule has 194 valence electrons. The lowest BCUT2D eigenvalue weighted by Gasteiger charge is -2.22. The summed E-state index contributed by atoms with van der Waals surface area (Å²) < 4.78 is 62.5. The van der Waals surface area contributed by atoms with Gasteiger partial charge < -0.3 is 24.7 Å². The van der Waals surface area contributed by atoms with E-state index >= 15 is 0 Å². The summed E-state index contributed by atoms with van der Waals surface area (Å²) in [5, 5.41) is 0. The zero-order valence-corrected chi connectivity index (χ0v) is 19.5. The number of hydrogen-bond donors (Lipinski definition) is 1. The van der Waals surface area contributed by atoms with Crippen molar-refractivity contribution in [2.24, 2.45) is 0 Å². The van der Waals surface area contributed by atoms with Crippen LogP contribution in [0.1, 0.15) is 46.3 Å². The van der Waals surface area contributed by atoms with Crippen molar-refractivity contribution in [3.8, 4) is 5.88 Å². The van der Waals surface area contributed by atoms with Gasteiger partial charge >= 0.3 is 23.8 Å². The number of alkyl halides is 3. The van der Waals surface area contributed by atoms with E-state index in [1.165, 1.54) is 14.0 Å². The van der Waals surface area contributed by atoms with Gasteiger partial charge in [0.15, 0.2) is 17.4 Å². The topological polar surface area (TPSA) is 150 Å². The third kappa shape index (κ3) is 5.66. The van der Waals surface area contributed by atoms with Gasteiger partial charge in [0.05, 0.1) is 13.5 Å². The quantitative estimate of drug-likeness (QED) is 0.525. The minimum absolute atomic E-state index is 0.0510. The fourth-order valence-corrected chi connectivity index (χ4v) is 4.07. The van der Waals surface area contributed by atoms with Crippen molar-refractivity contribution in [2.75, 3.05) is 12.8 Å². The van der Waals surface area contributed by atoms with Crippen LogP contribution in [0.5, 0.6) is 5.88 Å². The van der Waals surface area contributed by atoms with Crippen LogP contribution in [0.3, 0.4) is 0 Å². The second kappa shape index (κ2) is 10.1. The Balaban J connectivity index is 2.17. The summed E-state index contributed by atoms with van der Waals surface area (Å²) in [5.41, 5.74) is 4.53. The van der Waals surface area contributed by atoms with Gasteiger partial charge in [-0.05, 0) is 6.42 Å². The highest BCUT2D eigenvalue weighted by Crippen LogP contribution is 2.37. The Hall–Kier alpha value is -3.36. The molecule has 1 aliphatic heterocycles. The van der Waals surface area contributed by atoms with Crippen LogP contribution in [-0.2, 0) is 30.3 Å². The number of fused-ring (bicyclic) bond motifs is 1. The lowest BCUT2D eigenvalue weighted by atomic mass is 10.1. The summed E-state index contributed by atoms with van der Waals surface area (Å²) >= 11 is 0. The standard InChI is InChI=1S/C20H26F3N5O7/c1-5-11(33-9(2)29)12-8-13(34-10(3)30)17(35-12)28-15-14(16(32-4)26-18(24)25-15)27(19(28)31)7-6-20(21,22)23/h11-13,17H,5-8H2,1-4H3,(H2,24,25,26)/t11-,12-,13+,17+/m0/s1. The van der Waals surface area contributed by atoms with Crippen LogP contribution in [0.2, 0.25) is 0 Å². The highest BCUT2D eigenvalue weighted by molar-refractivity contribution is 5.78. The SMILES string of the molecule is CC[C@H](OC(C)=O)[C@@H]1C[C@@H](OC(C)=O)[C@H](n2c(=O)n(CCC(F)(F)F)c3c(OC)nc(N)nc32)O1. The van der Waals surface area contributed by atoms with Gasteiger partial charge in [-0.1, -0.05) is 6.92 Å². The van der Waals surface area contributed by atoms with Crippen LogP contribution in [0.4, 0.5) is 19.1 Å². The Bertz CT molecular complexity index is 1160. The van der Waals surface area contributed by atoms with Crippen molar-refractivity contribution in [1.82, 2.24) is 19.1 Å². The first-order chi connectivity index (χ1) is 16.4. The van der Waals surface area contributed by atoms with Gasteiger partial charge in [0.2, 0.25) is 11.8 Å². The maximum absolute atomic E-state index is 13.4. The van der Waals surface area contributed by atoms with Crippen molar-refractivity contribution in [3.63, 3.8) is 0 Å². The molecule has 12 nitrogen and oxygen atoms in total. The first-order valence-corrected chi connectivity index (χ1v) is 10.7. The lowest BCUT2D eigenvalue weighted by molar-refractivity contribution is -0.158. The highest BCUT2D eigenvalue weighted by atomic mass is 19.4. The van der Waals surface area contributed by atoms with E-state index in [-0.39, 0.29) is 29.4 Å². The number of hydrogen-bond acceptors (Lipinski definition) is 10. The van der Waals surface area contributed by atoms with Crippen molar-refractivity contribution in [1.29, 1.82) is 0 Å². The van der Waals surface area contributed by atoms with Crippen molar-refractivity contribution >= 4 is 29.1 Å². The molecule has 3 heterocycles. The first-order valence-electron chi connectivity index (χ1n) is 10.7. The van der Waals surface area contributed by atoms with Crippen LogP contribution in [-0.4, -0.2) is 62.6 Å². The normalized spacial score (nSPS) is 21.2. The molecule has 4 atom stereocenters. The molecule has 0 aliphatic carbocycles. The van der Waals surface area contributed by atoms with Crippen LogP contribution in [0, 0.1) is 0 Å². The Morgan fingerprint density at radius 3 is 2.49 bits per heavy atom. The van der Waals surface area contributed by atoms with Gasteiger partial charge in [0.1, 0.15) is 18.3 Å². The minimum Gasteiger partial charge on any atom is -0.479 e. The highest BCUT2D eigenvalue weighted by Gasteiger charge is 2.45. The zero-order chi connectivity index (χ0) is 26.1. The van der Waals surface area contributed by atoms with Gasteiger partial charge in [-0.15, -0.1) is 0 Å². The van der Waals surface area contributed by atoms with Crippen LogP contribution in [0.15, 0.2) is 4.79 Å². The van der Waals surface area contributed by atoms with Gasteiger partial charge in [0, 0.05) is 26.8 Å². The number of rotatable bonds is 8. The van der Waals surface area contributed by atoms with Crippen molar-refractivity contribution in [2.45, 2.75) is 77.3 Å². The summed E-state index contributed by atoms with van der Waals surface area (Å²) in [6, 6.07) is 0. The van der Waals surface area contributed by atoms with Crippen molar-refractivity contribution in [3.05, 3.63) is 10.5 Å². The first kappa shape index (κ1) is 26.2. The molecule has 35 heavy (non-hydrogen) atoms.